The summed E-state index contributed by atoms with van der Waals surface area (Å²) in [6, 6.07) is 5.82. The van der Waals surface area contributed by atoms with Gasteiger partial charge in [-0.3, -0.25) is 4.90 Å². The molecule has 5 nitrogen and oxygen atoms in total. The molecule has 5 heteroatoms. The first kappa shape index (κ1) is 14.8. The lowest BCUT2D eigenvalue weighted by Gasteiger charge is -2.37. The Morgan fingerprint density at radius 3 is 2.50 bits per heavy atom. The minimum atomic E-state index is -0.655. The molecule has 0 amide bonds. The summed E-state index contributed by atoms with van der Waals surface area (Å²) in [6.45, 7) is 9.82. The number of β-amino-alcohol motifs (C(OH)–C–C–N with tert-alkyl or cyclic N) is 1. The van der Waals surface area contributed by atoms with E-state index in [-0.39, 0.29) is 0 Å². The van der Waals surface area contributed by atoms with Crippen LogP contribution in [0.5, 0.6) is 0 Å². The van der Waals surface area contributed by atoms with E-state index in [0.717, 1.165) is 37.7 Å². The molecule has 1 aliphatic rings. The summed E-state index contributed by atoms with van der Waals surface area (Å²) < 4.78 is 0. The molecule has 1 saturated heterocycles. The Hall–Kier alpha value is -1.64. The molecule has 0 bridgehead atoms. The fraction of sp³-hybridized carbons (Fsp3) is 0.600. The van der Waals surface area contributed by atoms with Gasteiger partial charge in [-0.25, -0.2) is 4.98 Å². The Morgan fingerprint density at radius 1 is 1.30 bits per heavy atom. The maximum Gasteiger partial charge on any atom is 0.130 e. The third kappa shape index (κ3) is 3.92. The summed E-state index contributed by atoms with van der Waals surface area (Å²) >= 11 is 0. The zero-order chi connectivity index (χ0) is 14.8. The number of pyridine rings is 1. The van der Waals surface area contributed by atoms with Crippen LogP contribution in [-0.4, -0.2) is 53.3 Å². The van der Waals surface area contributed by atoms with E-state index in [4.69, 9.17) is 5.26 Å². The molecule has 0 spiro atoms. The number of anilines is 1. The molecule has 1 aromatic rings. The van der Waals surface area contributed by atoms with E-state index in [0.29, 0.717) is 12.1 Å². The van der Waals surface area contributed by atoms with Crippen LogP contribution in [0.3, 0.4) is 0 Å². The number of nitrogens with zero attached hydrogens (tertiary/aromatic N) is 4. The molecule has 2 rings (SSSR count). The van der Waals surface area contributed by atoms with Gasteiger partial charge in [0.05, 0.1) is 17.2 Å². The Bertz CT molecular complexity index is 508. The lowest BCUT2D eigenvalue weighted by atomic mass is 10.1. The first-order chi connectivity index (χ1) is 9.37. The van der Waals surface area contributed by atoms with Gasteiger partial charge in [-0.05, 0) is 32.9 Å². The largest absolute Gasteiger partial charge is 0.389 e. The predicted molar refractivity (Wildman–Crippen MR) is 78.6 cm³/mol. The molecule has 20 heavy (non-hydrogen) atoms. The van der Waals surface area contributed by atoms with Gasteiger partial charge in [0.25, 0.3) is 0 Å². The zero-order valence-electron chi connectivity index (χ0n) is 12.4. The van der Waals surface area contributed by atoms with Crippen molar-refractivity contribution in [3.05, 3.63) is 23.4 Å². The molecular weight excluding hydrogens is 252 g/mol. The average molecular weight is 274 g/mol. The van der Waals surface area contributed by atoms with Gasteiger partial charge in [-0.2, -0.15) is 5.26 Å². The molecule has 0 aromatic carbocycles. The molecule has 0 unspecified atom stereocenters. The normalized spacial score (nSPS) is 17.1. The highest BCUT2D eigenvalue weighted by Crippen LogP contribution is 2.17. The van der Waals surface area contributed by atoms with Crippen molar-refractivity contribution < 1.29 is 5.11 Å². The number of piperazine rings is 1. The number of hydrogen-bond donors (Lipinski definition) is 1. The average Bonchev–Trinajstić information content (AvgIpc) is 2.37. The second-order valence-corrected chi connectivity index (χ2v) is 6.04. The summed E-state index contributed by atoms with van der Waals surface area (Å²) in [4.78, 5) is 8.98. The van der Waals surface area contributed by atoms with E-state index >= 15 is 0 Å². The molecule has 1 aliphatic heterocycles. The van der Waals surface area contributed by atoms with Crippen LogP contribution in [-0.2, 0) is 0 Å². The van der Waals surface area contributed by atoms with E-state index < -0.39 is 5.60 Å². The predicted octanol–water partition coefficient (Wildman–Crippen LogP) is 1.15. The summed E-state index contributed by atoms with van der Waals surface area (Å²) in [5.41, 5.74) is 0.877. The third-order valence-electron chi connectivity index (χ3n) is 3.38. The Balaban J connectivity index is 2.01. The number of rotatable bonds is 3. The fourth-order valence-corrected chi connectivity index (χ4v) is 2.56. The van der Waals surface area contributed by atoms with Gasteiger partial charge in [0.15, 0.2) is 0 Å². The van der Waals surface area contributed by atoms with Crippen molar-refractivity contribution in [3.63, 3.8) is 0 Å². The molecule has 0 atom stereocenters. The number of nitriles is 1. The van der Waals surface area contributed by atoms with Crippen molar-refractivity contribution in [3.8, 4) is 6.07 Å². The topological polar surface area (TPSA) is 63.4 Å². The van der Waals surface area contributed by atoms with Gasteiger partial charge in [-0.15, -0.1) is 0 Å². The van der Waals surface area contributed by atoms with E-state index in [1.54, 1.807) is 6.07 Å². The van der Waals surface area contributed by atoms with Crippen molar-refractivity contribution in [2.45, 2.75) is 26.4 Å². The number of aromatic nitrogens is 1. The van der Waals surface area contributed by atoms with Crippen molar-refractivity contribution in [2.75, 3.05) is 37.6 Å². The van der Waals surface area contributed by atoms with Crippen LogP contribution in [0.1, 0.15) is 25.1 Å². The van der Waals surface area contributed by atoms with Gasteiger partial charge < -0.3 is 10.0 Å². The molecule has 1 fully saturated rings. The first-order valence-corrected chi connectivity index (χ1v) is 6.96. The van der Waals surface area contributed by atoms with Crippen LogP contribution >= 0.6 is 0 Å². The van der Waals surface area contributed by atoms with Crippen LogP contribution in [0.15, 0.2) is 12.1 Å². The zero-order valence-corrected chi connectivity index (χ0v) is 12.4. The lowest BCUT2D eigenvalue weighted by molar-refractivity contribution is 0.0344. The Kier molecular flexibility index (Phi) is 4.26. The first-order valence-electron chi connectivity index (χ1n) is 6.96. The van der Waals surface area contributed by atoms with Crippen molar-refractivity contribution in [1.82, 2.24) is 9.88 Å². The van der Waals surface area contributed by atoms with Crippen LogP contribution in [0.25, 0.3) is 0 Å². The Labute approximate surface area is 120 Å². The second-order valence-electron chi connectivity index (χ2n) is 6.04. The highest BCUT2D eigenvalue weighted by Gasteiger charge is 2.23. The van der Waals surface area contributed by atoms with Crippen LogP contribution in [0, 0.1) is 18.3 Å². The van der Waals surface area contributed by atoms with Gasteiger partial charge in [-0.1, -0.05) is 0 Å². The molecule has 0 aliphatic carbocycles. The molecule has 0 saturated carbocycles. The van der Waals surface area contributed by atoms with Crippen LogP contribution in [0.2, 0.25) is 0 Å². The molecule has 1 aromatic heterocycles. The summed E-state index contributed by atoms with van der Waals surface area (Å²) in [7, 11) is 0. The van der Waals surface area contributed by atoms with E-state index in [1.807, 2.05) is 26.8 Å². The fourth-order valence-electron chi connectivity index (χ4n) is 2.56. The van der Waals surface area contributed by atoms with Gasteiger partial charge in [0, 0.05) is 38.4 Å². The molecule has 2 heterocycles. The standard InChI is InChI=1S/C15H22N4O/c1-12-8-13(10-16)9-14(17-12)19-6-4-18(5-7-19)11-15(2,3)20/h8-9,20H,4-7,11H2,1-3H3. The molecule has 0 radical (unpaired) electrons. The van der Waals surface area contributed by atoms with E-state index in [9.17, 15) is 5.11 Å². The maximum atomic E-state index is 9.85. The quantitative estimate of drug-likeness (QED) is 0.896. The highest BCUT2D eigenvalue weighted by atomic mass is 16.3. The second kappa shape index (κ2) is 5.78. The van der Waals surface area contributed by atoms with Crippen LogP contribution < -0.4 is 4.90 Å². The number of aliphatic hydroxyl groups is 1. The van der Waals surface area contributed by atoms with Gasteiger partial charge in [0.1, 0.15) is 5.82 Å². The minimum absolute atomic E-state index is 0.655. The number of hydrogen-bond acceptors (Lipinski definition) is 5. The third-order valence-corrected chi connectivity index (χ3v) is 3.38. The Morgan fingerprint density at radius 2 is 1.95 bits per heavy atom. The lowest BCUT2D eigenvalue weighted by Crippen LogP contribution is -2.50. The van der Waals surface area contributed by atoms with E-state index in [2.05, 4.69) is 20.9 Å². The summed E-state index contributed by atoms with van der Waals surface area (Å²) in [6.07, 6.45) is 0. The smallest absolute Gasteiger partial charge is 0.130 e. The van der Waals surface area contributed by atoms with Crippen LogP contribution in [0.4, 0.5) is 5.82 Å². The highest BCUT2D eigenvalue weighted by molar-refractivity contribution is 5.47. The molecular formula is C15H22N4O. The minimum Gasteiger partial charge on any atom is -0.389 e. The molecule has 1 N–H and O–H groups in total. The monoisotopic (exact) mass is 274 g/mol. The number of aryl methyl sites for hydroxylation is 1. The van der Waals surface area contributed by atoms with Crippen molar-refractivity contribution in [2.24, 2.45) is 0 Å². The van der Waals surface area contributed by atoms with Gasteiger partial charge in [0.2, 0.25) is 0 Å². The summed E-state index contributed by atoms with van der Waals surface area (Å²) in [5, 5.41) is 18.9. The van der Waals surface area contributed by atoms with E-state index in [1.165, 1.54) is 0 Å². The maximum absolute atomic E-state index is 9.85. The van der Waals surface area contributed by atoms with Gasteiger partial charge >= 0.3 is 0 Å². The van der Waals surface area contributed by atoms with Crippen molar-refractivity contribution in [1.29, 1.82) is 5.26 Å². The SMILES string of the molecule is Cc1cc(C#N)cc(N2CCN(CC(C)(C)O)CC2)n1. The van der Waals surface area contributed by atoms with Crippen molar-refractivity contribution >= 4 is 5.82 Å². The molecule has 108 valence electrons. The summed E-state index contributed by atoms with van der Waals surface area (Å²) in [5.74, 6) is 0.879.